The number of nitrogens with zero attached hydrogens (tertiary/aromatic N) is 2. The van der Waals surface area contributed by atoms with Crippen LogP contribution in [0.4, 0.5) is 5.13 Å². The Balaban J connectivity index is 1.82. The molecule has 16 heavy (non-hydrogen) atoms. The number of aryl methyl sites for hydroxylation is 1. The van der Waals surface area contributed by atoms with E-state index in [0.717, 1.165) is 9.05 Å². The zero-order chi connectivity index (χ0) is 11.0. The van der Waals surface area contributed by atoms with Gasteiger partial charge in [0.15, 0.2) is 3.92 Å². The van der Waals surface area contributed by atoms with Gasteiger partial charge in [-0.1, -0.05) is 11.3 Å². The van der Waals surface area contributed by atoms with Crippen molar-refractivity contribution >= 4 is 43.7 Å². The Morgan fingerprint density at radius 2 is 2.38 bits per heavy atom. The number of hydrogen-bond acceptors (Lipinski definition) is 5. The van der Waals surface area contributed by atoms with E-state index in [1.54, 1.807) is 11.3 Å². The Morgan fingerprint density at radius 1 is 1.44 bits per heavy atom. The van der Waals surface area contributed by atoms with Crippen LogP contribution in [0.5, 0.6) is 0 Å². The second-order valence-corrected chi connectivity index (χ2v) is 7.00. The first-order valence-corrected chi connectivity index (χ1v) is 7.63. The van der Waals surface area contributed by atoms with Crippen LogP contribution in [-0.4, -0.2) is 10.2 Å². The summed E-state index contributed by atoms with van der Waals surface area (Å²) in [6.45, 7) is 0. The van der Waals surface area contributed by atoms with Crippen molar-refractivity contribution in [3.63, 3.8) is 0 Å². The van der Waals surface area contributed by atoms with E-state index in [-0.39, 0.29) is 0 Å². The maximum atomic E-state index is 4.08. The quantitative estimate of drug-likeness (QED) is 0.914. The molecule has 1 aliphatic carbocycles. The van der Waals surface area contributed by atoms with E-state index in [9.17, 15) is 0 Å². The lowest BCUT2D eigenvalue weighted by molar-refractivity contribution is 0.608. The molecule has 0 radical (unpaired) electrons. The summed E-state index contributed by atoms with van der Waals surface area (Å²) in [6.07, 6.45) is 3.66. The fourth-order valence-electron chi connectivity index (χ4n) is 2.05. The van der Waals surface area contributed by atoms with Gasteiger partial charge in [-0.2, -0.15) is 0 Å². The van der Waals surface area contributed by atoms with E-state index >= 15 is 0 Å². The number of aromatic nitrogens is 2. The first-order valence-electron chi connectivity index (χ1n) is 5.15. The van der Waals surface area contributed by atoms with Crippen molar-refractivity contribution in [1.82, 2.24) is 10.2 Å². The number of rotatable bonds is 2. The zero-order valence-corrected chi connectivity index (χ0v) is 11.7. The molecule has 1 atom stereocenters. The summed E-state index contributed by atoms with van der Waals surface area (Å²) >= 11 is 6.74. The fourth-order valence-corrected chi connectivity index (χ4v) is 4.10. The highest BCUT2D eigenvalue weighted by Gasteiger charge is 2.21. The normalized spacial score (nSPS) is 19.4. The van der Waals surface area contributed by atoms with Gasteiger partial charge in [0.25, 0.3) is 0 Å². The second-order valence-electron chi connectivity index (χ2n) is 3.75. The lowest BCUT2D eigenvalue weighted by atomic mass is 9.94. The van der Waals surface area contributed by atoms with Gasteiger partial charge < -0.3 is 5.32 Å². The first kappa shape index (κ1) is 10.7. The lowest BCUT2D eigenvalue weighted by Crippen LogP contribution is -2.15. The van der Waals surface area contributed by atoms with Gasteiger partial charge in [-0.05, 0) is 52.2 Å². The Bertz CT molecular complexity index is 494. The largest absolute Gasteiger partial charge is 0.353 e. The van der Waals surface area contributed by atoms with E-state index in [1.165, 1.54) is 29.7 Å². The molecule has 0 amide bonds. The Morgan fingerprint density at radius 3 is 3.19 bits per heavy atom. The minimum absolute atomic E-state index is 0.412. The molecule has 0 saturated heterocycles. The molecule has 6 heteroatoms. The van der Waals surface area contributed by atoms with Gasteiger partial charge in [-0.3, -0.25) is 0 Å². The smallest absolute Gasteiger partial charge is 0.206 e. The van der Waals surface area contributed by atoms with Gasteiger partial charge in [-0.15, -0.1) is 21.5 Å². The molecular weight excluding hydrogens is 306 g/mol. The molecule has 84 valence electrons. The van der Waals surface area contributed by atoms with Crippen molar-refractivity contribution in [2.24, 2.45) is 0 Å². The maximum Gasteiger partial charge on any atom is 0.206 e. The van der Waals surface area contributed by atoms with Gasteiger partial charge in [0.2, 0.25) is 5.13 Å². The number of nitrogens with one attached hydrogen (secondary N) is 1. The summed E-state index contributed by atoms with van der Waals surface area (Å²) in [4.78, 5) is 1.52. The first-order chi connectivity index (χ1) is 7.83. The molecule has 0 bridgehead atoms. The maximum absolute atomic E-state index is 4.08. The van der Waals surface area contributed by atoms with E-state index in [1.807, 2.05) is 11.3 Å². The van der Waals surface area contributed by atoms with Crippen LogP contribution in [0.3, 0.4) is 0 Å². The van der Waals surface area contributed by atoms with Gasteiger partial charge in [0, 0.05) is 4.88 Å². The lowest BCUT2D eigenvalue weighted by Gasteiger charge is -2.22. The molecule has 3 nitrogen and oxygen atoms in total. The zero-order valence-electron chi connectivity index (χ0n) is 8.44. The van der Waals surface area contributed by atoms with Crippen LogP contribution in [0.2, 0.25) is 0 Å². The van der Waals surface area contributed by atoms with Crippen molar-refractivity contribution in [2.75, 3.05) is 5.32 Å². The van der Waals surface area contributed by atoms with Crippen LogP contribution in [-0.2, 0) is 6.42 Å². The fraction of sp³-hybridized carbons (Fsp3) is 0.400. The SMILES string of the molecule is Brc1nnc(NC2CCCc3sccc32)s1. The molecule has 0 saturated carbocycles. The summed E-state index contributed by atoms with van der Waals surface area (Å²) in [5.41, 5.74) is 1.45. The van der Waals surface area contributed by atoms with Crippen molar-refractivity contribution < 1.29 is 0 Å². The van der Waals surface area contributed by atoms with Crippen molar-refractivity contribution in [2.45, 2.75) is 25.3 Å². The monoisotopic (exact) mass is 315 g/mol. The van der Waals surface area contributed by atoms with E-state index in [2.05, 4.69) is 42.9 Å². The Labute approximate surface area is 110 Å². The van der Waals surface area contributed by atoms with Gasteiger partial charge in [0.1, 0.15) is 0 Å². The molecule has 2 heterocycles. The summed E-state index contributed by atoms with van der Waals surface area (Å²) in [5.74, 6) is 0. The summed E-state index contributed by atoms with van der Waals surface area (Å²) in [5, 5.41) is 14.6. The average Bonchev–Trinajstić information content (AvgIpc) is 2.87. The second kappa shape index (κ2) is 4.43. The molecule has 1 N–H and O–H groups in total. The van der Waals surface area contributed by atoms with E-state index in [4.69, 9.17) is 0 Å². The number of fused-ring (bicyclic) bond motifs is 1. The highest BCUT2D eigenvalue weighted by molar-refractivity contribution is 9.11. The molecule has 1 aliphatic rings. The number of thiophene rings is 1. The van der Waals surface area contributed by atoms with Gasteiger partial charge in [-0.25, -0.2) is 0 Å². The van der Waals surface area contributed by atoms with Crippen LogP contribution >= 0.6 is 38.6 Å². The van der Waals surface area contributed by atoms with Crippen molar-refractivity contribution in [3.8, 4) is 0 Å². The minimum atomic E-state index is 0.412. The standard InChI is InChI=1S/C10H10BrN3S2/c11-9-13-14-10(16-9)12-7-2-1-3-8-6(7)4-5-15-8/h4-5,7H,1-3H2,(H,12,14). The predicted octanol–water partition coefficient (Wildman–Crippen LogP) is 3.85. The summed E-state index contributed by atoms with van der Waals surface area (Å²) < 4.78 is 0.830. The molecule has 3 rings (SSSR count). The predicted molar refractivity (Wildman–Crippen MR) is 71.2 cm³/mol. The third kappa shape index (κ3) is 2.01. The molecule has 0 spiro atoms. The number of anilines is 1. The molecule has 0 aliphatic heterocycles. The van der Waals surface area contributed by atoms with Gasteiger partial charge >= 0.3 is 0 Å². The summed E-state index contributed by atoms with van der Waals surface area (Å²) in [6, 6.07) is 2.64. The van der Waals surface area contributed by atoms with E-state index in [0.29, 0.717) is 6.04 Å². The molecule has 2 aromatic rings. The van der Waals surface area contributed by atoms with Crippen molar-refractivity contribution in [3.05, 3.63) is 25.8 Å². The highest BCUT2D eigenvalue weighted by Crippen LogP contribution is 2.36. The van der Waals surface area contributed by atoms with Crippen LogP contribution < -0.4 is 5.32 Å². The van der Waals surface area contributed by atoms with Gasteiger partial charge in [0.05, 0.1) is 6.04 Å². The number of hydrogen-bond donors (Lipinski definition) is 1. The molecule has 0 aromatic carbocycles. The third-order valence-corrected chi connectivity index (χ3v) is 5.03. The van der Waals surface area contributed by atoms with Crippen LogP contribution in [0.15, 0.2) is 15.4 Å². The number of halogens is 1. The molecule has 1 unspecified atom stereocenters. The summed E-state index contributed by atoms with van der Waals surface area (Å²) in [7, 11) is 0. The minimum Gasteiger partial charge on any atom is -0.353 e. The Hall–Kier alpha value is -0.460. The van der Waals surface area contributed by atoms with Crippen LogP contribution in [0.1, 0.15) is 29.3 Å². The van der Waals surface area contributed by atoms with E-state index < -0.39 is 0 Å². The molecule has 2 aromatic heterocycles. The molecular formula is C10H10BrN3S2. The Kier molecular flexibility index (Phi) is 2.95. The molecule has 0 fully saturated rings. The highest BCUT2D eigenvalue weighted by atomic mass is 79.9. The topological polar surface area (TPSA) is 37.8 Å². The third-order valence-electron chi connectivity index (χ3n) is 2.75. The van der Waals surface area contributed by atoms with Crippen molar-refractivity contribution in [1.29, 1.82) is 0 Å². The average molecular weight is 316 g/mol. The van der Waals surface area contributed by atoms with Crippen LogP contribution in [0, 0.1) is 0 Å². The van der Waals surface area contributed by atoms with Crippen LogP contribution in [0.25, 0.3) is 0 Å².